The number of methoxy groups -OCH3 is 1. The van der Waals surface area contributed by atoms with E-state index in [0.29, 0.717) is 23.3 Å². The molecule has 2 N–H and O–H groups in total. The summed E-state index contributed by atoms with van der Waals surface area (Å²) in [5.41, 5.74) is 2.48. The van der Waals surface area contributed by atoms with Gasteiger partial charge in [-0.25, -0.2) is 4.79 Å². The topological polar surface area (TPSA) is 84.9 Å². The molecule has 1 aliphatic carbocycles. The van der Waals surface area contributed by atoms with E-state index in [2.05, 4.69) is 5.32 Å². The molecule has 0 bridgehead atoms. The van der Waals surface area contributed by atoms with Crippen LogP contribution in [0.4, 0.5) is 5.69 Å². The Morgan fingerprint density at radius 2 is 1.87 bits per heavy atom. The molecule has 1 heterocycles. The Bertz CT molecular complexity index is 1220. The van der Waals surface area contributed by atoms with Gasteiger partial charge in [-0.3, -0.25) is 4.79 Å². The van der Waals surface area contributed by atoms with Crippen LogP contribution in [0, 0.1) is 6.92 Å². The van der Waals surface area contributed by atoms with Crippen molar-refractivity contribution in [2.45, 2.75) is 25.0 Å². The Labute approximate surface area is 179 Å². The van der Waals surface area contributed by atoms with Gasteiger partial charge in [-0.05, 0) is 43.2 Å². The van der Waals surface area contributed by atoms with Crippen LogP contribution in [0.25, 0.3) is 0 Å². The minimum atomic E-state index is -1.22. The maximum atomic E-state index is 13.9. The summed E-state index contributed by atoms with van der Waals surface area (Å²) in [6.45, 7) is 2.00. The first-order valence-electron chi connectivity index (χ1n) is 10.0. The molecule has 5 rings (SSSR count). The zero-order valence-electron chi connectivity index (χ0n) is 17.1. The fraction of sp³-hybridized carbons (Fsp3) is 0.200. The van der Waals surface area contributed by atoms with Crippen LogP contribution in [0.2, 0.25) is 0 Å². The third kappa shape index (κ3) is 2.71. The van der Waals surface area contributed by atoms with Gasteiger partial charge in [-0.1, -0.05) is 42.0 Å². The number of carbonyl (C=O) groups is 2. The van der Waals surface area contributed by atoms with Crippen molar-refractivity contribution in [3.63, 3.8) is 0 Å². The van der Waals surface area contributed by atoms with Crippen LogP contribution in [-0.2, 0) is 16.6 Å². The van der Waals surface area contributed by atoms with Gasteiger partial charge in [-0.15, -0.1) is 0 Å². The number of phenolic OH excluding ortho intramolecular Hbond substituents is 1. The monoisotopic (exact) mass is 415 g/mol. The van der Waals surface area contributed by atoms with Crippen LogP contribution < -0.4 is 10.1 Å². The number of aromatic hydroxyl groups is 1. The molecule has 0 radical (unpaired) electrons. The van der Waals surface area contributed by atoms with Gasteiger partial charge in [0.1, 0.15) is 22.5 Å². The van der Waals surface area contributed by atoms with E-state index < -0.39 is 17.6 Å². The van der Waals surface area contributed by atoms with Gasteiger partial charge in [0, 0.05) is 16.8 Å². The summed E-state index contributed by atoms with van der Waals surface area (Å²) >= 11 is 0. The van der Waals surface area contributed by atoms with Crippen molar-refractivity contribution in [1.29, 1.82) is 0 Å². The smallest absolute Gasteiger partial charge is 0.342 e. The van der Waals surface area contributed by atoms with Crippen molar-refractivity contribution in [3.8, 4) is 11.5 Å². The summed E-state index contributed by atoms with van der Waals surface area (Å²) < 4.78 is 11.2. The molecule has 3 aromatic carbocycles. The van der Waals surface area contributed by atoms with Crippen LogP contribution in [0.15, 0.2) is 60.7 Å². The van der Waals surface area contributed by atoms with E-state index in [0.717, 1.165) is 16.8 Å². The van der Waals surface area contributed by atoms with Crippen LogP contribution in [0.5, 0.6) is 11.5 Å². The number of aryl methyl sites for hydroxylation is 1. The molecule has 156 valence electrons. The fourth-order valence-corrected chi connectivity index (χ4v) is 4.67. The molecule has 2 aliphatic rings. The van der Waals surface area contributed by atoms with Crippen LogP contribution in [0.1, 0.15) is 37.4 Å². The number of rotatable bonds is 3. The Balaban J connectivity index is 1.72. The third-order valence-corrected chi connectivity index (χ3v) is 6.16. The van der Waals surface area contributed by atoms with Crippen molar-refractivity contribution in [2.24, 2.45) is 0 Å². The third-order valence-electron chi connectivity index (χ3n) is 6.16. The van der Waals surface area contributed by atoms with Gasteiger partial charge < -0.3 is 19.9 Å². The Morgan fingerprint density at radius 1 is 1.13 bits per heavy atom. The Morgan fingerprint density at radius 3 is 2.58 bits per heavy atom. The molecule has 3 aromatic rings. The number of esters is 1. The number of fused-ring (bicyclic) bond motifs is 3. The van der Waals surface area contributed by atoms with Crippen LogP contribution in [-0.4, -0.2) is 30.2 Å². The van der Waals surface area contributed by atoms with Crippen molar-refractivity contribution in [2.75, 3.05) is 12.4 Å². The zero-order valence-corrected chi connectivity index (χ0v) is 17.1. The van der Waals surface area contributed by atoms with E-state index in [1.165, 1.54) is 13.2 Å². The summed E-state index contributed by atoms with van der Waals surface area (Å²) in [4.78, 5) is 26.5. The maximum Gasteiger partial charge on any atom is 0.342 e. The summed E-state index contributed by atoms with van der Waals surface area (Å²) in [6.07, 6.45) is -0.429. The highest BCUT2D eigenvalue weighted by atomic mass is 16.5. The van der Waals surface area contributed by atoms with E-state index in [-0.39, 0.29) is 17.1 Å². The van der Waals surface area contributed by atoms with Crippen molar-refractivity contribution < 1.29 is 24.2 Å². The molecule has 0 fully saturated rings. The second-order valence-electron chi connectivity index (χ2n) is 7.97. The number of phenols is 1. The summed E-state index contributed by atoms with van der Waals surface area (Å²) in [6, 6.07) is 18.1. The summed E-state index contributed by atoms with van der Waals surface area (Å²) in [5.74, 6) is -0.725. The molecule has 0 saturated heterocycles. The normalized spacial score (nSPS) is 20.8. The summed E-state index contributed by atoms with van der Waals surface area (Å²) in [7, 11) is 1.25. The number of benzene rings is 3. The largest absolute Gasteiger partial charge is 0.507 e. The predicted octanol–water partition coefficient (Wildman–Crippen LogP) is 3.99. The molecule has 0 aromatic heterocycles. The fourth-order valence-electron chi connectivity index (χ4n) is 4.67. The van der Waals surface area contributed by atoms with Gasteiger partial charge in [0.05, 0.1) is 7.11 Å². The molecular formula is C25H21NO5. The number of anilines is 1. The predicted molar refractivity (Wildman–Crippen MR) is 115 cm³/mol. The highest BCUT2D eigenvalue weighted by Gasteiger charge is 2.60. The standard InChI is InChI=1S/C25H21NO5/c1-14-7-9-16(10-8-14)26-24-25(13-15-5-3-4-6-17(15)22(25)28)21-19(31-24)12-11-18(27)20(21)23(29)30-2/h3-12,24,26-27H,13H2,1-2H3. The first-order chi connectivity index (χ1) is 15.0. The van der Waals surface area contributed by atoms with Crippen molar-refractivity contribution in [1.82, 2.24) is 0 Å². The molecule has 31 heavy (non-hydrogen) atoms. The lowest BCUT2D eigenvalue weighted by Crippen LogP contribution is -2.48. The first kappa shape index (κ1) is 19.2. The van der Waals surface area contributed by atoms with Crippen molar-refractivity contribution in [3.05, 3.63) is 88.5 Å². The molecule has 2 atom stereocenters. The number of hydrogen-bond acceptors (Lipinski definition) is 6. The highest BCUT2D eigenvalue weighted by molar-refractivity contribution is 6.12. The number of hydrogen-bond donors (Lipinski definition) is 2. The van der Waals surface area contributed by atoms with E-state index in [9.17, 15) is 14.7 Å². The maximum absolute atomic E-state index is 13.9. The lowest BCUT2D eigenvalue weighted by atomic mass is 9.74. The second kappa shape index (κ2) is 6.87. The number of ether oxygens (including phenoxy) is 2. The Kier molecular flexibility index (Phi) is 4.25. The van der Waals surface area contributed by atoms with Gasteiger partial charge in [0.25, 0.3) is 0 Å². The minimum Gasteiger partial charge on any atom is -0.507 e. The van der Waals surface area contributed by atoms with Crippen LogP contribution >= 0.6 is 0 Å². The van der Waals surface area contributed by atoms with Crippen molar-refractivity contribution >= 4 is 17.4 Å². The average Bonchev–Trinajstić information content (AvgIpc) is 3.25. The quantitative estimate of drug-likeness (QED) is 0.629. The number of ketones is 1. The highest BCUT2D eigenvalue weighted by Crippen LogP contribution is 2.54. The zero-order chi connectivity index (χ0) is 21.8. The van der Waals surface area contributed by atoms with E-state index in [4.69, 9.17) is 9.47 Å². The minimum absolute atomic E-state index is 0.0330. The van der Waals surface area contributed by atoms with Gasteiger partial charge in [-0.2, -0.15) is 0 Å². The van der Waals surface area contributed by atoms with Gasteiger partial charge in [0.15, 0.2) is 12.0 Å². The Hall–Kier alpha value is -3.80. The molecule has 1 aliphatic heterocycles. The number of Topliss-reactive ketones (excluding diaryl/α,β-unsaturated/α-hetero) is 1. The molecular weight excluding hydrogens is 394 g/mol. The van der Waals surface area contributed by atoms with Gasteiger partial charge in [0.2, 0.25) is 0 Å². The average molecular weight is 415 g/mol. The van der Waals surface area contributed by atoms with Gasteiger partial charge >= 0.3 is 5.97 Å². The lowest BCUT2D eigenvalue weighted by molar-refractivity contribution is 0.0594. The second-order valence-corrected chi connectivity index (χ2v) is 7.97. The lowest BCUT2D eigenvalue weighted by Gasteiger charge is -2.30. The SMILES string of the molecule is COC(=O)c1c(O)ccc2c1C1(Cc3ccccc3C1=O)C(Nc1ccc(C)cc1)O2. The summed E-state index contributed by atoms with van der Waals surface area (Å²) in [5, 5.41) is 13.9. The number of nitrogens with one attached hydrogen (secondary N) is 1. The molecule has 0 amide bonds. The molecule has 1 spiro atoms. The molecule has 2 unspecified atom stereocenters. The first-order valence-corrected chi connectivity index (χ1v) is 10.0. The molecule has 6 heteroatoms. The van der Waals surface area contributed by atoms with Crippen LogP contribution in [0.3, 0.4) is 0 Å². The molecule has 6 nitrogen and oxygen atoms in total. The molecule has 0 saturated carbocycles. The van der Waals surface area contributed by atoms with E-state index >= 15 is 0 Å². The van der Waals surface area contributed by atoms with E-state index in [1.807, 2.05) is 49.4 Å². The number of carbonyl (C=O) groups excluding carboxylic acids is 2. The van der Waals surface area contributed by atoms with E-state index in [1.54, 1.807) is 12.1 Å².